The van der Waals surface area contributed by atoms with Gasteiger partial charge in [0, 0.05) is 25.2 Å². The van der Waals surface area contributed by atoms with Crippen molar-refractivity contribution >= 4 is 0 Å². The lowest BCUT2D eigenvalue weighted by Gasteiger charge is -2.27. The second-order valence-corrected chi connectivity index (χ2v) is 5.09. The fourth-order valence-electron chi connectivity index (χ4n) is 2.42. The van der Waals surface area contributed by atoms with E-state index >= 15 is 0 Å². The molecule has 0 spiro atoms. The number of hydrogen-bond donors (Lipinski definition) is 1. The van der Waals surface area contributed by atoms with Gasteiger partial charge >= 0.3 is 0 Å². The van der Waals surface area contributed by atoms with Crippen LogP contribution in [0, 0.1) is 0 Å². The quantitative estimate of drug-likeness (QED) is 0.875. The molecule has 4 heteroatoms. The molecule has 0 saturated carbocycles. The summed E-state index contributed by atoms with van der Waals surface area (Å²) < 4.78 is 10.8. The molecule has 1 saturated heterocycles. The van der Waals surface area contributed by atoms with Gasteiger partial charge in [0.25, 0.3) is 0 Å². The SMILES string of the molecule is COc1ccc(CC(C)O)cc1CN1CCOCC1. The molecule has 1 aromatic rings. The Hall–Kier alpha value is -1.10. The Labute approximate surface area is 114 Å². The van der Waals surface area contributed by atoms with E-state index in [0.29, 0.717) is 6.42 Å². The van der Waals surface area contributed by atoms with Crippen molar-refractivity contribution in [3.05, 3.63) is 29.3 Å². The smallest absolute Gasteiger partial charge is 0.123 e. The molecule has 0 bridgehead atoms. The van der Waals surface area contributed by atoms with Gasteiger partial charge in [0.1, 0.15) is 5.75 Å². The first kappa shape index (κ1) is 14.3. The van der Waals surface area contributed by atoms with Crippen LogP contribution in [-0.4, -0.2) is 49.5 Å². The Morgan fingerprint density at radius 3 is 2.74 bits per heavy atom. The largest absolute Gasteiger partial charge is 0.496 e. The molecule has 106 valence electrons. The highest BCUT2D eigenvalue weighted by atomic mass is 16.5. The predicted molar refractivity (Wildman–Crippen MR) is 74.5 cm³/mol. The van der Waals surface area contributed by atoms with Crippen LogP contribution in [0.15, 0.2) is 18.2 Å². The number of benzene rings is 1. The van der Waals surface area contributed by atoms with Crippen molar-refractivity contribution in [2.75, 3.05) is 33.4 Å². The molecule has 1 aliphatic heterocycles. The zero-order chi connectivity index (χ0) is 13.7. The zero-order valence-electron chi connectivity index (χ0n) is 11.8. The van der Waals surface area contributed by atoms with Gasteiger partial charge in [-0.25, -0.2) is 0 Å². The van der Waals surface area contributed by atoms with Crippen LogP contribution in [0.4, 0.5) is 0 Å². The lowest BCUT2D eigenvalue weighted by molar-refractivity contribution is 0.0339. The van der Waals surface area contributed by atoms with Crippen molar-refractivity contribution in [3.8, 4) is 5.75 Å². The molecule has 1 N–H and O–H groups in total. The Morgan fingerprint density at radius 2 is 2.11 bits per heavy atom. The third-order valence-corrected chi connectivity index (χ3v) is 3.37. The minimum atomic E-state index is -0.315. The molecular weight excluding hydrogens is 242 g/mol. The molecule has 1 atom stereocenters. The van der Waals surface area contributed by atoms with Crippen LogP contribution in [-0.2, 0) is 17.7 Å². The number of methoxy groups -OCH3 is 1. The third-order valence-electron chi connectivity index (χ3n) is 3.37. The van der Waals surface area contributed by atoms with Crippen LogP contribution >= 0.6 is 0 Å². The minimum Gasteiger partial charge on any atom is -0.496 e. The van der Waals surface area contributed by atoms with E-state index in [0.717, 1.165) is 44.2 Å². The maximum Gasteiger partial charge on any atom is 0.123 e. The predicted octanol–water partition coefficient (Wildman–Crippen LogP) is 1.45. The van der Waals surface area contributed by atoms with Gasteiger partial charge in [-0.15, -0.1) is 0 Å². The van der Waals surface area contributed by atoms with E-state index in [2.05, 4.69) is 11.0 Å². The van der Waals surface area contributed by atoms with E-state index in [9.17, 15) is 5.11 Å². The van der Waals surface area contributed by atoms with Gasteiger partial charge in [0.05, 0.1) is 26.4 Å². The molecule has 19 heavy (non-hydrogen) atoms. The fourth-order valence-corrected chi connectivity index (χ4v) is 2.42. The molecule has 0 radical (unpaired) electrons. The molecule has 0 aromatic heterocycles. The molecule has 1 aromatic carbocycles. The van der Waals surface area contributed by atoms with Crippen LogP contribution in [0.1, 0.15) is 18.1 Å². The van der Waals surface area contributed by atoms with Gasteiger partial charge in [0.2, 0.25) is 0 Å². The maximum atomic E-state index is 9.49. The average molecular weight is 265 g/mol. The average Bonchev–Trinajstić information content (AvgIpc) is 2.39. The summed E-state index contributed by atoms with van der Waals surface area (Å²) in [6.07, 6.45) is 0.366. The normalized spacial score (nSPS) is 18.3. The van der Waals surface area contributed by atoms with Crippen molar-refractivity contribution in [1.82, 2.24) is 4.90 Å². The van der Waals surface area contributed by atoms with E-state index < -0.39 is 0 Å². The first-order valence-electron chi connectivity index (χ1n) is 6.83. The van der Waals surface area contributed by atoms with Crippen molar-refractivity contribution in [2.24, 2.45) is 0 Å². The summed E-state index contributed by atoms with van der Waals surface area (Å²) in [6.45, 7) is 6.21. The minimum absolute atomic E-state index is 0.315. The van der Waals surface area contributed by atoms with Crippen molar-refractivity contribution in [2.45, 2.75) is 26.0 Å². The van der Waals surface area contributed by atoms with Crippen molar-refractivity contribution < 1.29 is 14.6 Å². The lowest BCUT2D eigenvalue weighted by Crippen LogP contribution is -2.35. The van der Waals surface area contributed by atoms with Crippen LogP contribution in [0.25, 0.3) is 0 Å². The first-order chi connectivity index (χ1) is 9.19. The summed E-state index contributed by atoms with van der Waals surface area (Å²) in [5.74, 6) is 0.917. The van der Waals surface area contributed by atoms with Gasteiger partial charge in [-0.2, -0.15) is 0 Å². The molecule has 4 nitrogen and oxygen atoms in total. The van der Waals surface area contributed by atoms with E-state index in [1.165, 1.54) is 5.56 Å². The van der Waals surface area contributed by atoms with E-state index in [1.54, 1.807) is 7.11 Å². The number of rotatable bonds is 5. The standard InChI is InChI=1S/C15H23NO3/c1-12(17)9-13-3-4-15(18-2)14(10-13)11-16-5-7-19-8-6-16/h3-4,10,12,17H,5-9,11H2,1-2H3. The van der Waals surface area contributed by atoms with Gasteiger partial charge < -0.3 is 14.6 Å². The summed E-state index contributed by atoms with van der Waals surface area (Å²) in [6, 6.07) is 6.16. The Bertz CT molecular complexity index is 400. The second kappa shape index (κ2) is 6.89. The Balaban J connectivity index is 2.10. The molecule has 1 fully saturated rings. The van der Waals surface area contributed by atoms with Gasteiger partial charge in [-0.05, 0) is 25.0 Å². The molecule has 1 heterocycles. The number of nitrogens with zero attached hydrogens (tertiary/aromatic N) is 1. The third kappa shape index (κ3) is 4.20. The number of morpholine rings is 1. The number of aliphatic hydroxyl groups excluding tert-OH is 1. The van der Waals surface area contributed by atoms with Crippen molar-refractivity contribution in [1.29, 1.82) is 0 Å². The zero-order valence-corrected chi connectivity index (χ0v) is 11.8. The highest BCUT2D eigenvalue weighted by molar-refractivity contribution is 5.37. The monoisotopic (exact) mass is 265 g/mol. The highest BCUT2D eigenvalue weighted by Crippen LogP contribution is 2.22. The summed E-state index contributed by atoms with van der Waals surface area (Å²) >= 11 is 0. The Morgan fingerprint density at radius 1 is 1.37 bits per heavy atom. The molecule has 1 aliphatic rings. The van der Waals surface area contributed by atoms with Gasteiger partial charge in [0.15, 0.2) is 0 Å². The van der Waals surface area contributed by atoms with Gasteiger partial charge in [-0.1, -0.05) is 12.1 Å². The fraction of sp³-hybridized carbons (Fsp3) is 0.600. The summed E-state index contributed by atoms with van der Waals surface area (Å²) in [4.78, 5) is 2.37. The Kier molecular flexibility index (Phi) is 5.19. The number of ether oxygens (including phenoxy) is 2. The maximum absolute atomic E-state index is 9.49. The number of hydrogen-bond acceptors (Lipinski definition) is 4. The van der Waals surface area contributed by atoms with Crippen LogP contribution < -0.4 is 4.74 Å². The number of aliphatic hydroxyl groups is 1. The highest BCUT2D eigenvalue weighted by Gasteiger charge is 2.14. The van der Waals surface area contributed by atoms with Crippen LogP contribution in [0.3, 0.4) is 0 Å². The van der Waals surface area contributed by atoms with E-state index in [1.807, 2.05) is 19.1 Å². The first-order valence-corrected chi connectivity index (χ1v) is 6.83. The molecular formula is C15H23NO3. The van der Waals surface area contributed by atoms with Crippen molar-refractivity contribution in [3.63, 3.8) is 0 Å². The van der Waals surface area contributed by atoms with E-state index in [4.69, 9.17) is 9.47 Å². The summed E-state index contributed by atoms with van der Waals surface area (Å²) in [5.41, 5.74) is 2.33. The summed E-state index contributed by atoms with van der Waals surface area (Å²) in [5, 5.41) is 9.49. The molecule has 2 rings (SSSR count). The topological polar surface area (TPSA) is 41.9 Å². The van der Waals surface area contributed by atoms with Gasteiger partial charge in [-0.3, -0.25) is 4.90 Å². The second-order valence-electron chi connectivity index (χ2n) is 5.09. The van der Waals surface area contributed by atoms with E-state index in [-0.39, 0.29) is 6.10 Å². The molecule has 1 unspecified atom stereocenters. The molecule has 0 amide bonds. The van der Waals surface area contributed by atoms with Crippen LogP contribution in [0.2, 0.25) is 0 Å². The van der Waals surface area contributed by atoms with Crippen LogP contribution in [0.5, 0.6) is 5.75 Å². The molecule has 0 aliphatic carbocycles. The summed E-state index contributed by atoms with van der Waals surface area (Å²) in [7, 11) is 1.70. The lowest BCUT2D eigenvalue weighted by atomic mass is 10.0.